The van der Waals surface area contributed by atoms with Crippen molar-refractivity contribution in [2.24, 2.45) is 23.5 Å². The number of para-hydroxylation sites is 3. The van der Waals surface area contributed by atoms with Crippen LogP contribution in [0.5, 0.6) is 0 Å². The lowest BCUT2D eigenvalue weighted by Gasteiger charge is -2.34. The minimum Gasteiger partial charge on any atom is -0.356 e. The predicted molar refractivity (Wildman–Crippen MR) is 323 cm³/mol. The minimum atomic E-state index is -3.16. The van der Waals surface area contributed by atoms with Gasteiger partial charge in [-0.15, -0.1) is 12.4 Å². The van der Waals surface area contributed by atoms with E-state index in [0.29, 0.717) is 42.7 Å². The van der Waals surface area contributed by atoms with Gasteiger partial charge in [-0.1, -0.05) is 61.8 Å². The second-order valence-electron chi connectivity index (χ2n) is 20.0. The van der Waals surface area contributed by atoms with Gasteiger partial charge in [-0.3, -0.25) is 0 Å². The van der Waals surface area contributed by atoms with Crippen LogP contribution in [0.2, 0.25) is 15.7 Å². The number of halogens is 4. The lowest BCUT2D eigenvalue weighted by Crippen LogP contribution is -2.41. The van der Waals surface area contributed by atoms with E-state index in [-0.39, 0.29) is 40.9 Å². The Morgan fingerprint density at radius 3 is 1.42 bits per heavy atom. The van der Waals surface area contributed by atoms with Crippen LogP contribution in [0, 0.1) is 17.8 Å². The van der Waals surface area contributed by atoms with Crippen molar-refractivity contribution in [3.05, 3.63) is 88.5 Å². The van der Waals surface area contributed by atoms with E-state index in [1.54, 1.807) is 0 Å². The van der Waals surface area contributed by atoms with Crippen molar-refractivity contribution in [1.29, 1.82) is 0 Å². The van der Waals surface area contributed by atoms with E-state index in [2.05, 4.69) is 73.4 Å². The van der Waals surface area contributed by atoms with Crippen molar-refractivity contribution in [3.63, 3.8) is 0 Å². The Hall–Kier alpha value is -4.11. The lowest BCUT2D eigenvalue weighted by molar-refractivity contribution is 0.376. The van der Waals surface area contributed by atoms with E-state index in [1.165, 1.54) is 18.8 Å². The molecular formula is C51H76Cl4N14O6S3. The van der Waals surface area contributed by atoms with Gasteiger partial charge in [0.2, 0.25) is 46.6 Å². The number of hydrogen-bond acceptors (Lipinski definition) is 17. The smallest absolute Gasteiger partial charge is 0.225 e. The van der Waals surface area contributed by atoms with E-state index in [1.807, 2.05) is 86.6 Å². The summed E-state index contributed by atoms with van der Waals surface area (Å²) in [5.74, 6) is 3.37. The molecule has 3 fully saturated rings. The van der Waals surface area contributed by atoms with Gasteiger partial charge < -0.3 is 26.2 Å². The Morgan fingerprint density at radius 1 is 0.577 bits per heavy atom. The molecule has 0 radical (unpaired) electrons. The zero-order valence-corrected chi connectivity index (χ0v) is 50.8. The molecular weight excluding hydrogens is 1140 g/mol. The first-order valence-electron chi connectivity index (χ1n) is 25.7. The molecule has 6 heterocycles. The molecule has 3 atom stereocenters. The number of piperidine rings is 3. The summed E-state index contributed by atoms with van der Waals surface area (Å²) >= 11 is 17.5. The van der Waals surface area contributed by atoms with Gasteiger partial charge in [-0.05, 0) is 149 Å². The monoisotopic (exact) mass is 1220 g/mol. The predicted octanol–water partition coefficient (Wildman–Crippen LogP) is 7.51. The number of nitrogens with two attached hydrogens (primary N) is 1. The van der Waals surface area contributed by atoms with Crippen LogP contribution in [-0.4, -0.2) is 145 Å². The standard InChI is InChI=1S/C18H27N5O2S.C15H19ClN4O2S.C8H4Cl2N2.C7H16N2O2S.C3H9N.ClH/c1-13(2)20-18-21-16-9-5-4-8-15(16)17(22-18)23-10-6-7-14(12-23)11-19-26(3,24)25;1-23(21,22)17-9-11-5-4-8-20(10-11)14-12-6-2-3-7-13(12)18-15(16)19-14;9-7-5-3-1-2-4-6(5)11-8(10)12-7;1-12(10,11)9-6-7-3-2-4-8-5-7;1-3(2)4;/h4-5,8-9,13-14,19H,6-7,10-12H2,1-3H3,(H,20,21,22);2-3,6-7,11,17H,4-5,8-10H2,1H3;1-4H;7-9H,2-6H2,1H3;3H,4H2,1-2H3;1H. The Labute approximate surface area is 482 Å². The van der Waals surface area contributed by atoms with Gasteiger partial charge >= 0.3 is 0 Å². The Kier molecular flexibility index (Phi) is 27.0. The number of fused-ring (bicyclic) bond motifs is 3. The molecule has 20 nitrogen and oxygen atoms in total. The van der Waals surface area contributed by atoms with Crippen molar-refractivity contribution in [1.82, 2.24) is 49.4 Å². The zero-order valence-electron chi connectivity index (χ0n) is 45.3. The number of hydrogen-bond donors (Lipinski definition) is 6. The van der Waals surface area contributed by atoms with E-state index >= 15 is 0 Å². The molecule has 0 spiro atoms. The van der Waals surface area contributed by atoms with Gasteiger partial charge in [0, 0.05) is 68.0 Å². The van der Waals surface area contributed by atoms with Crippen molar-refractivity contribution < 1.29 is 25.3 Å². The van der Waals surface area contributed by atoms with Gasteiger partial charge in [0.25, 0.3) is 0 Å². The van der Waals surface area contributed by atoms with Crippen molar-refractivity contribution in [2.45, 2.75) is 78.3 Å². The minimum absolute atomic E-state index is 0. The molecule has 27 heteroatoms. The number of rotatable bonds is 13. The topological polar surface area (TPSA) is 272 Å². The maximum atomic E-state index is 11.4. The molecule has 7 N–H and O–H groups in total. The van der Waals surface area contributed by atoms with Crippen LogP contribution in [0.1, 0.15) is 66.2 Å². The maximum absolute atomic E-state index is 11.4. The SMILES string of the molecule is CC(C)N.CC(C)Nc1nc(N2CCCC(CNS(C)(=O)=O)C2)c2ccccc2n1.CS(=O)(=O)NCC1CCCN(c2nc(Cl)nc3ccccc23)C1.CS(=O)(=O)NCC1CCCNC1.Cl.Clc1nc(Cl)c2ccccc2n1. The van der Waals surface area contributed by atoms with Gasteiger partial charge in [0.05, 0.1) is 35.3 Å². The molecule has 3 unspecified atom stereocenters. The highest BCUT2D eigenvalue weighted by Gasteiger charge is 2.26. The van der Waals surface area contributed by atoms with Gasteiger partial charge in [0.15, 0.2) is 0 Å². The Morgan fingerprint density at radius 2 is 0.974 bits per heavy atom. The third-order valence-electron chi connectivity index (χ3n) is 12.0. The Balaban J connectivity index is 0.000000229. The molecule has 3 aliphatic rings. The molecule has 3 aromatic carbocycles. The highest BCUT2D eigenvalue weighted by atomic mass is 35.5. The maximum Gasteiger partial charge on any atom is 0.225 e. The number of sulfonamides is 3. The number of nitrogens with one attached hydrogen (secondary N) is 5. The average Bonchev–Trinajstić information content (AvgIpc) is 3.40. The van der Waals surface area contributed by atoms with Gasteiger partial charge in [0.1, 0.15) is 16.8 Å². The molecule has 6 aromatic rings. The second-order valence-corrected chi connectivity index (χ2v) is 26.6. The highest BCUT2D eigenvalue weighted by Crippen LogP contribution is 2.31. The van der Waals surface area contributed by atoms with Crippen molar-refractivity contribution >= 4 is 128 Å². The molecule has 0 saturated carbocycles. The fourth-order valence-electron chi connectivity index (χ4n) is 8.66. The highest BCUT2D eigenvalue weighted by molar-refractivity contribution is 7.89. The number of benzene rings is 3. The summed E-state index contributed by atoms with van der Waals surface area (Å²) in [6.07, 6.45) is 9.87. The Bertz CT molecular complexity index is 3180. The molecule has 9 rings (SSSR count). The van der Waals surface area contributed by atoms with E-state index in [9.17, 15) is 25.3 Å². The third kappa shape index (κ3) is 23.9. The second kappa shape index (κ2) is 31.8. The van der Waals surface area contributed by atoms with E-state index in [0.717, 1.165) is 122 Å². The molecule has 0 aliphatic carbocycles. The fraction of sp³-hybridized carbons (Fsp3) is 0.529. The molecule has 3 saturated heterocycles. The van der Waals surface area contributed by atoms with Crippen LogP contribution >= 0.6 is 47.2 Å². The average molecular weight is 1220 g/mol. The van der Waals surface area contributed by atoms with Crippen LogP contribution in [0.4, 0.5) is 17.6 Å². The molecule has 78 heavy (non-hydrogen) atoms. The summed E-state index contributed by atoms with van der Waals surface area (Å²) in [7, 11) is -9.33. The largest absolute Gasteiger partial charge is 0.356 e. The number of anilines is 3. The molecule has 0 amide bonds. The molecule has 0 bridgehead atoms. The number of aromatic nitrogens is 6. The van der Waals surface area contributed by atoms with Crippen LogP contribution in [0.3, 0.4) is 0 Å². The zero-order chi connectivity index (χ0) is 56.3. The fourth-order valence-corrected chi connectivity index (χ4v) is 10.9. The molecule has 3 aliphatic heterocycles. The third-order valence-corrected chi connectivity index (χ3v) is 14.7. The lowest BCUT2D eigenvalue weighted by atomic mass is 9.98. The quantitative estimate of drug-likeness (QED) is 0.0482. The normalized spacial score (nSPS) is 17.8. The van der Waals surface area contributed by atoms with Crippen LogP contribution in [-0.2, 0) is 30.1 Å². The summed E-state index contributed by atoms with van der Waals surface area (Å²) in [6.45, 7) is 14.8. The summed E-state index contributed by atoms with van der Waals surface area (Å²) in [4.78, 5) is 30.3. The van der Waals surface area contributed by atoms with Crippen molar-refractivity contribution in [3.8, 4) is 0 Å². The summed E-state index contributed by atoms with van der Waals surface area (Å²) < 4.78 is 74.6. The summed E-state index contributed by atoms with van der Waals surface area (Å²) in [5.41, 5.74) is 7.61. The molecule has 432 valence electrons. The summed E-state index contributed by atoms with van der Waals surface area (Å²) in [6, 6.07) is 23.8. The summed E-state index contributed by atoms with van der Waals surface area (Å²) in [5, 5.41) is 10.1. The molecule has 3 aromatic heterocycles. The van der Waals surface area contributed by atoms with Crippen LogP contribution in [0.15, 0.2) is 72.8 Å². The van der Waals surface area contributed by atoms with Crippen LogP contribution < -0.4 is 40.3 Å². The first kappa shape index (κ1) is 66.4. The van der Waals surface area contributed by atoms with Crippen LogP contribution in [0.25, 0.3) is 32.7 Å². The van der Waals surface area contributed by atoms with Gasteiger partial charge in [-0.2, -0.15) is 9.97 Å². The van der Waals surface area contributed by atoms with E-state index in [4.69, 9.17) is 45.5 Å². The van der Waals surface area contributed by atoms with E-state index < -0.39 is 30.1 Å². The number of nitrogens with zero attached hydrogens (tertiary/aromatic N) is 8. The van der Waals surface area contributed by atoms with Crippen molar-refractivity contribution in [2.75, 3.05) is 92.8 Å². The first-order chi connectivity index (χ1) is 36.3. The first-order valence-corrected chi connectivity index (χ1v) is 32.5. The van der Waals surface area contributed by atoms with Gasteiger partial charge in [-0.25, -0.2) is 59.4 Å².